The van der Waals surface area contributed by atoms with E-state index in [0.29, 0.717) is 28.7 Å². The smallest absolute Gasteiger partial charge is 0.274 e. The minimum atomic E-state index is 0.168. The fraction of sp³-hybridized carbons (Fsp3) is 0.417. The molecule has 0 radical (unpaired) electrons. The van der Waals surface area contributed by atoms with Gasteiger partial charge in [0.25, 0.3) is 5.89 Å². The molecular weight excluding hydrogens is 248 g/mol. The summed E-state index contributed by atoms with van der Waals surface area (Å²) in [4.78, 5) is 7.23. The average Bonchev–Trinajstić information content (AvgIpc) is 2.94. The van der Waals surface area contributed by atoms with Crippen molar-refractivity contribution in [1.82, 2.24) is 15.1 Å². The maximum atomic E-state index is 8.74. The van der Waals surface area contributed by atoms with Crippen LogP contribution in [0.5, 0.6) is 0 Å². The molecule has 2 aromatic rings. The number of hydrogen-bond acceptors (Lipinski definition) is 5. The molecule has 0 aliphatic rings. The van der Waals surface area contributed by atoms with Gasteiger partial charge in [0.2, 0.25) is 0 Å². The second-order valence-corrected chi connectivity index (χ2v) is 6.63. The van der Waals surface area contributed by atoms with Crippen LogP contribution >= 0.6 is 11.8 Å². The van der Waals surface area contributed by atoms with Gasteiger partial charge >= 0.3 is 0 Å². The van der Waals surface area contributed by atoms with Crippen molar-refractivity contribution in [3.05, 3.63) is 23.7 Å². The lowest BCUT2D eigenvalue weighted by atomic mass is 10.3. The number of aromatic amines is 1. The second kappa shape index (κ2) is 4.86. The van der Waals surface area contributed by atoms with E-state index in [9.17, 15) is 0 Å². The number of thioether (sulfide) groups is 1. The van der Waals surface area contributed by atoms with Crippen LogP contribution < -0.4 is 0 Å². The predicted molar refractivity (Wildman–Crippen MR) is 69.8 cm³/mol. The molecule has 0 saturated heterocycles. The Morgan fingerprint density at radius 1 is 1.50 bits per heavy atom. The molecule has 1 N–H and O–H groups in total. The average molecular weight is 262 g/mol. The standard InChI is InChI=1S/C12H14N4OS/c1-12(2,3)18-7-10-15-11(17-16-10)9-4-8(5-13)6-14-9/h4,6,14H,7H2,1-3H3. The van der Waals surface area contributed by atoms with Crippen LogP contribution in [0.2, 0.25) is 0 Å². The molecule has 0 saturated carbocycles. The second-order valence-electron chi connectivity index (χ2n) is 4.83. The van der Waals surface area contributed by atoms with E-state index < -0.39 is 0 Å². The summed E-state index contributed by atoms with van der Waals surface area (Å²) in [5.74, 6) is 1.79. The van der Waals surface area contributed by atoms with Crippen LogP contribution in [0.4, 0.5) is 0 Å². The van der Waals surface area contributed by atoms with Crippen molar-refractivity contribution in [2.75, 3.05) is 0 Å². The molecule has 6 heteroatoms. The monoisotopic (exact) mass is 262 g/mol. The molecule has 18 heavy (non-hydrogen) atoms. The highest BCUT2D eigenvalue weighted by molar-refractivity contribution is 7.99. The summed E-state index contributed by atoms with van der Waals surface area (Å²) in [7, 11) is 0. The number of H-pyrrole nitrogens is 1. The summed E-state index contributed by atoms with van der Waals surface area (Å²) >= 11 is 1.76. The highest BCUT2D eigenvalue weighted by atomic mass is 32.2. The Labute approximate surface area is 110 Å². The van der Waals surface area contributed by atoms with Crippen molar-refractivity contribution in [3.63, 3.8) is 0 Å². The van der Waals surface area contributed by atoms with E-state index >= 15 is 0 Å². The number of aromatic nitrogens is 3. The number of nitriles is 1. The van der Waals surface area contributed by atoms with Gasteiger partial charge in [-0.05, 0) is 6.07 Å². The summed E-state index contributed by atoms with van der Waals surface area (Å²) in [5.41, 5.74) is 1.22. The van der Waals surface area contributed by atoms with Gasteiger partial charge in [-0.1, -0.05) is 25.9 Å². The lowest BCUT2D eigenvalue weighted by molar-refractivity contribution is 0.424. The molecule has 5 nitrogen and oxygen atoms in total. The van der Waals surface area contributed by atoms with Crippen LogP contribution in [0.3, 0.4) is 0 Å². The van der Waals surface area contributed by atoms with Crippen LogP contribution in [0.15, 0.2) is 16.8 Å². The zero-order chi connectivity index (χ0) is 13.2. The number of rotatable bonds is 3. The van der Waals surface area contributed by atoms with Gasteiger partial charge in [0.05, 0.1) is 11.3 Å². The van der Waals surface area contributed by atoms with Gasteiger partial charge in [0.1, 0.15) is 11.8 Å². The number of hydrogen-bond donors (Lipinski definition) is 1. The summed E-state index contributed by atoms with van der Waals surface area (Å²) in [5, 5.41) is 12.7. The zero-order valence-electron chi connectivity index (χ0n) is 10.5. The SMILES string of the molecule is CC(C)(C)SCc1noc(-c2cc(C#N)c[nH]2)n1. The quantitative estimate of drug-likeness (QED) is 0.920. The van der Waals surface area contributed by atoms with E-state index in [0.717, 1.165) is 0 Å². The normalized spacial score (nSPS) is 11.4. The van der Waals surface area contributed by atoms with Gasteiger partial charge < -0.3 is 9.51 Å². The number of nitrogens with zero attached hydrogens (tertiary/aromatic N) is 3. The van der Waals surface area contributed by atoms with E-state index in [1.54, 1.807) is 24.0 Å². The molecule has 0 aromatic carbocycles. The fourth-order valence-electron chi connectivity index (χ4n) is 1.29. The van der Waals surface area contributed by atoms with Crippen LogP contribution in [0.25, 0.3) is 11.6 Å². The van der Waals surface area contributed by atoms with Gasteiger partial charge in [-0.25, -0.2) is 0 Å². The third-order valence-electron chi connectivity index (χ3n) is 2.14. The molecule has 0 fully saturated rings. The van der Waals surface area contributed by atoms with Crippen LogP contribution in [-0.4, -0.2) is 19.9 Å². The van der Waals surface area contributed by atoms with Gasteiger partial charge in [-0.2, -0.15) is 10.2 Å². The molecular formula is C12H14N4OS. The molecule has 2 heterocycles. The Bertz CT molecular complexity index is 573. The molecule has 2 rings (SSSR count). The van der Waals surface area contributed by atoms with Gasteiger partial charge in [-0.3, -0.25) is 0 Å². The van der Waals surface area contributed by atoms with E-state index in [1.807, 2.05) is 6.07 Å². The van der Waals surface area contributed by atoms with E-state index in [4.69, 9.17) is 9.78 Å². The van der Waals surface area contributed by atoms with Crippen LogP contribution in [0, 0.1) is 11.3 Å². The zero-order valence-corrected chi connectivity index (χ0v) is 11.3. The topological polar surface area (TPSA) is 78.5 Å². The minimum Gasteiger partial charge on any atom is -0.356 e. The highest BCUT2D eigenvalue weighted by Gasteiger charge is 2.15. The van der Waals surface area contributed by atoms with Gasteiger partial charge in [0.15, 0.2) is 5.82 Å². The first-order valence-electron chi connectivity index (χ1n) is 5.53. The Kier molecular flexibility index (Phi) is 3.43. The molecule has 0 unspecified atom stereocenters. The Balaban J connectivity index is 2.09. The first-order chi connectivity index (χ1) is 8.48. The first-order valence-corrected chi connectivity index (χ1v) is 6.52. The summed E-state index contributed by atoms with van der Waals surface area (Å²) in [6.07, 6.45) is 1.61. The predicted octanol–water partition coefficient (Wildman–Crippen LogP) is 2.97. The molecule has 0 atom stereocenters. The molecule has 0 spiro atoms. The fourth-order valence-corrected chi connectivity index (χ4v) is 1.96. The van der Waals surface area contributed by atoms with Crippen molar-refractivity contribution in [2.45, 2.75) is 31.3 Å². The largest absolute Gasteiger partial charge is 0.356 e. The summed E-state index contributed by atoms with van der Waals surface area (Å²) in [6.45, 7) is 6.43. The van der Waals surface area contributed by atoms with Crippen molar-refractivity contribution in [1.29, 1.82) is 5.26 Å². The minimum absolute atomic E-state index is 0.168. The Morgan fingerprint density at radius 2 is 2.28 bits per heavy atom. The van der Waals surface area contributed by atoms with Gasteiger partial charge in [0, 0.05) is 10.9 Å². The lowest BCUT2D eigenvalue weighted by Crippen LogP contribution is -2.07. The van der Waals surface area contributed by atoms with E-state index in [1.165, 1.54) is 0 Å². The van der Waals surface area contributed by atoms with E-state index in [2.05, 4.69) is 35.9 Å². The van der Waals surface area contributed by atoms with Crippen molar-refractivity contribution >= 4 is 11.8 Å². The Morgan fingerprint density at radius 3 is 2.89 bits per heavy atom. The van der Waals surface area contributed by atoms with Crippen molar-refractivity contribution < 1.29 is 4.52 Å². The third-order valence-corrected chi connectivity index (χ3v) is 3.41. The molecule has 0 bridgehead atoms. The molecule has 94 valence electrons. The van der Waals surface area contributed by atoms with E-state index in [-0.39, 0.29) is 4.75 Å². The Hall–Kier alpha value is -1.74. The molecule has 0 amide bonds. The van der Waals surface area contributed by atoms with Crippen molar-refractivity contribution in [3.8, 4) is 17.7 Å². The van der Waals surface area contributed by atoms with Gasteiger partial charge in [-0.15, -0.1) is 11.8 Å². The first kappa shape index (κ1) is 12.7. The molecule has 2 aromatic heterocycles. The molecule has 0 aliphatic heterocycles. The lowest BCUT2D eigenvalue weighted by Gasteiger charge is -2.15. The highest BCUT2D eigenvalue weighted by Crippen LogP contribution is 2.27. The third kappa shape index (κ3) is 3.14. The summed E-state index contributed by atoms with van der Waals surface area (Å²) in [6, 6.07) is 3.73. The van der Waals surface area contributed by atoms with Crippen LogP contribution in [-0.2, 0) is 5.75 Å². The summed E-state index contributed by atoms with van der Waals surface area (Å²) < 4.78 is 5.33. The van der Waals surface area contributed by atoms with Crippen molar-refractivity contribution in [2.24, 2.45) is 0 Å². The van der Waals surface area contributed by atoms with Crippen LogP contribution in [0.1, 0.15) is 32.2 Å². The maximum Gasteiger partial charge on any atom is 0.274 e. The number of nitrogens with one attached hydrogen (secondary N) is 1. The maximum absolute atomic E-state index is 8.74. The molecule has 0 aliphatic carbocycles.